The predicted molar refractivity (Wildman–Crippen MR) is 75.0 cm³/mol. The van der Waals surface area contributed by atoms with Crippen molar-refractivity contribution >= 4 is 17.2 Å². The fourth-order valence-electron chi connectivity index (χ4n) is 3.65. The van der Waals surface area contributed by atoms with Crippen molar-refractivity contribution in [3.05, 3.63) is 22.4 Å². The highest BCUT2D eigenvalue weighted by Crippen LogP contribution is 2.43. The van der Waals surface area contributed by atoms with Gasteiger partial charge >= 0.3 is 0 Å². The Balaban J connectivity index is 1.72. The Morgan fingerprint density at radius 3 is 2.67 bits per heavy atom. The molecule has 18 heavy (non-hydrogen) atoms. The van der Waals surface area contributed by atoms with Crippen LogP contribution in [0.4, 0.5) is 0 Å². The number of hydrogen-bond donors (Lipinski definition) is 0. The normalized spacial score (nSPS) is 23.2. The molecule has 3 rings (SSSR count). The summed E-state index contributed by atoms with van der Waals surface area (Å²) in [6.07, 6.45) is 9.31. The zero-order chi connectivity index (χ0) is 12.4. The average molecular weight is 263 g/mol. The Hall–Kier alpha value is -0.830. The van der Waals surface area contributed by atoms with Crippen LogP contribution in [0.3, 0.4) is 0 Å². The smallest absolute Gasteiger partial charge is 0.263 e. The molecule has 1 spiro atoms. The molecule has 0 unspecified atom stereocenters. The predicted octanol–water partition coefficient (Wildman–Crippen LogP) is 3.93. The Labute approximate surface area is 113 Å². The third-order valence-electron chi connectivity index (χ3n) is 4.59. The number of thiophene rings is 1. The van der Waals surface area contributed by atoms with Gasteiger partial charge in [-0.2, -0.15) is 0 Å². The van der Waals surface area contributed by atoms with Crippen LogP contribution in [0.15, 0.2) is 17.5 Å². The lowest BCUT2D eigenvalue weighted by molar-refractivity contribution is 0.0388. The maximum atomic E-state index is 12.4. The number of rotatable bonds is 1. The van der Waals surface area contributed by atoms with E-state index in [4.69, 9.17) is 0 Å². The summed E-state index contributed by atoms with van der Waals surface area (Å²) >= 11 is 1.57. The molecule has 1 aliphatic carbocycles. The Morgan fingerprint density at radius 2 is 1.94 bits per heavy atom. The van der Waals surface area contributed by atoms with Crippen molar-refractivity contribution in [3.63, 3.8) is 0 Å². The molecule has 2 fully saturated rings. The molecule has 0 atom stereocenters. The van der Waals surface area contributed by atoms with Crippen LogP contribution >= 0.6 is 11.3 Å². The highest BCUT2D eigenvalue weighted by atomic mass is 32.1. The van der Waals surface area contributed by atoms with Crippen LogP contribution in [0.5, 0.6) is 0 Å². The van der Waals surface area contributed by atoms with Crippen LogP contribution in [0.2, 0.25) is 0 Å². The minimum atomic E-state index is 0.259. The first kappa shape index (κ1) is 12.2. The summed E-state index contributed by atoms with van der Waals surface area (Å²) in [7, 11) is 0. The molecule has 1 saturated carbocycles. The van der Waals surface area contributed by atoms with Crippen molar-refractivity contribution in [2.45, 2.75) is 44.9 Å². The van der Waals surface area contributed by atoms with E-state index < -0.39 is 0 Å². The Bertz CT molecular complexity index is 401. The third kappa shape index (κ3) is 2.33. The van der Waals surface area contributed by atoms with Crippen molar-refractivity contribution in [3.8, 4) is 0 Å². The fraction of sp³-hybridized carbons (Fsp3) is 0.667. The van der Waals surface area contributed by atoms with Crippen LogP contribution in [0.1, 0.15) is 54.6 Å². The Kier molecular flexibility index (Phi) is 3.42. The summed E-state index contributed by atoms with van der Waals surface area (Å²) < 4.78 is 0. The van der Waals surface area contributed by atoms with Gasteiger partial charge in [-0.3, -0.25) is 4.79 Å². The van der Waals surface area contributed by atoms with E-state index in [1.165, 1.54) is 44.9 Å². The molecule has 1 amide bonds. The SMILES string of the molecule is O=C(c1cccs1)N1CCCC2(CCCCC2)C1. The summed E-state index contributed by atoms with van der Waals surface area (Å²) in [4.78, 5) is 15.4. The molecule has 1 aromatic heterocycles. The molecule has 2 nitrogen and oxygen atoms in total. The fourth-order valence-corrected chi connectivity index (χ4v) is 4.34. The summed E-state index contributed by atoms with van der Waals surface area (Å²) in [5.41, 5.74) is 0.462. The van der Waals surface area contributed by atoms with Gasteiger partial charge in [-0.15, -0.1) is 11.3 Å². The third-order valence-corrected chi connectivity index (χ3v) is 5.45. The monoisotopic (exact) mass is 263 g/mol. The first-order valence-corrected chi connectivity index (χ1v) is 8.00. The van der Waals surface area contributed by atoms with Crippen molar-refractivity contribution in [1.29, 1.82) is 0 Å². The Morgan fingerprint density at radius 1 is 1.17 bits per heavy atom. The maximum Gasteiger partial charge on any atom is 0.263 e. The number of piperidine rings is 1. The summed E-state index contributed by atoms with van der Waals surface area (Å²) in [6.45, 7) is 1.96. The number of carbonyl (C=O) groups excluding carboxylic acids is 1. The van der Waals surface area contributed by atoms with Gasteiger partial charge in [0.2, 0.25) is 0 Å². The van der Waals surface area contributed by atoms with Crippen LogP contribution in [0, 0.1) is 5.41 Å². The molecule has 2 aliphatic rings. The minimum absolute atomic E-state index is 0.259. The van der Waals surface area contributed by atoms with Gasteiger partial charge in [-0.1, -0.05) is 25.3 Å². The number of likely N-dealkylation sites (tertiary alicyclic amines) is 1. The van der Waals surface area contributed by atoms with E-state index in [-0.39, 0.29) is 5.91 Å². The molecule has 1 saturated heterocycles. The lowest BCUT2D eigenvalue weighted by Gasteiger charge is -2.45. The van der Waals surface area contributed by atoms with Crippen molar-refractivity contribution in [2.24, 2.45) is 5.41 Å². The lowest BCUT2D eigenvalue weighted by Crippen LogP contribution is -2.46. The van der Waals surface area contributed by atoms with Gasteiger partial charge in [-0.25, -0.2) is 0 Å². The van der Waals surface area contributed by atoms with Gasteiger partial charge in [0.25, 0.3) is 5.91 Å². The number of carbonyl (C=O) groups is 1. The molecule has 0 radical (unpaired) electrons. The van der Waals surface area contributed by atoms with Gasteiger partial charge < -0.3 is 4.90 Å². The number of nitrogens with zero attached hydrogens (tertiary/aromatic N) is 1. The molecule has 0 aromatic carbocycles. The number of hydrogen-bond acceptors (Lipinski definition) is 2. The molecule has 3 heteroatoms. The molecule has 0 bridgehead atoms. The first-order chi connectivity index (χ1) is 8.79. The van der Waals surface area contributed by atoms with E-state index in [1.54, 1.807) is 11.3 Å². The minimum Gasteiger partial charge on any atom is -0.337 e. The van der Waals surface area contributed by atoms with Crippen molar-refractivity contribution in [1.82, 2.24) is 4.90 Å². The van der Waals surface area contributed by atoms with E-state index in [0.717, 1.165) is 18.0 Å². The summed E-state index contributed by atoms with van der Waals surface area (Å²) in [6, 6.07) is 3.92. The van der Waals surface area contributed by atoms with E-state index in [2.05, 4.69) is 4.90 Å². The van der Waals surface area contributed by atoms with Crippen LogP contribution in [-0.4, -0.2) is 23.9 Å². The van der Waals surface area contributed by atoms with E-state index in [9.17, 15) is 4.79 Å². The molecule has 98 valence electrons. The van der Waals surface area contributed by atoms with Crippen molar-refractivity contribution < 1.29 is 4.79 Å². The first-order valence-electron chi connectivity index (χ1n) is 7.12. The second-order valence-corrected chi connectivity index (χ2v) is 6.82. The topological polar surface area (TPSA) is 20.3 Å². The molecular formula is C15H21NOS. The van der Waals surface area contributed by atoms with Gasteiger partial charge in [0.15, 0.2) is 0 Å². The van der Waals surface area contributed by atoms with Gasteiger partial charge in [0, 0.05) is 13.1 Å². The van der Waals surface area contributed by atoms with Crippen LogP contribution in [-0.2, 0) is 0 Å². The van der Waals surface area contributed by atoms with Crippen LogP contribution in [0.25, 0.3) is 0 Å². The highest BCUT2D eigenvalue weighted by Gasteiger charge is 2.38. The zero-order valence-corrected chi connectivity index (χ0v) is 11.7. The van der Waals surface area contributed by atoms with E-state index in [0.29, 0.717) is 5.41 Å². The largest absolute Gasteiger partial charge is 0.337 e. The second kappa shape index (κ2) is 5.04. The molecule has 0 N–H and O–H groups in total. The molecular weight excluding hydrogens is 242 g/mol. The zero-order valence-electron chi connectivity index (χ0n) is 10.9. The molecule has 1 aromatic rings. The lowest BCUT2D eigenvalue weighted by atomic mass is 9.69. The highest BCUT2D eigenvalue weighted by molar-refractivity contribution is 7.12. The second-order valence-electron chi connectivity index (χ2n) is 5.87. The van der Waals surface area contributed by atoms with Gasteiger partial charge in [-0.05, 0) is 42.5 Å². The van der Waals surface area contributed by atoms with Crippen molar-refractivity contribution in [2.75, 3.05) is 13.1 Å². The van der Waals surface area contributed by atoms with Crippen LogP contribution < -0.4 is 0 Å². The molecule has 1 aliphatic heterocycles. The quantitative estimate of drug-likeness (QED) is 0.751. The standard InChI is InChI=1S/C15H21NOS/c17-14(13-6-4-11-18-13)16-10-5-9-15(12-16)7-2-1-3-8-15/h4,6,11H,1-3,5,7-10,12H2. The number of amides is 1. The average Bonchev–Trinajstić information content (AvgIpc) is 2.93. The molecule has 2 heterocycles. The van der Waals surface area contributed by atoms with Gasteiger partial charge in [0.05, 0.1) is 4.88 Å². The van der Waals surface area contributed by atoms with Gasteiger partial charge in [0.1, 0.15) is 0 Å². The van der Waals surface area contributed by atoms with E-state index >= 15 is 0 Å². The summed E-state index contributed by atoms with van der Waals surface area (Å²) in [5.74, 6) is 0.259. The summed E-state index contributed by atoms with van der Waals surface area (Å²) in [5, 5.41) is 1.99. The van der Waals surface area contributed by atoms with E-state index in [1.807, 2.05) is 17.5 Å². The maximum absolute atomic E-state index is 12.4.